The summed E-state index contributed by atoms with van der Waals surface area (Å²) in [6, 6.07) is 11.5. The molecule has 1 fully saturated rings. The minimum Gasteiger partial charge on any atom is -0.495 e. The fourth-order valence-electron chi connectivity index (χ4n) is 3.65. The Morgan fingerprint density at radius 3 is 2.58 bits per heavy atom. The lowest BCUT2D eigenvalue weighted by molar-refractivity contribution is -0.117. The van der Waals surface area contributed by atoms with E-state index in [1.54, 1.807) is 53.3 Å². The first-order valence-electron chi connectivity index (χ1n) is 10.5. The molecule has 2 aromatic rings. The number of hydrogen-bond donors (Lipinski definition) is 1. The molecule has 31 heavy (non-hydrogen) atoms. The van der Waals surface area contributed by atoms with Gasteiger partial charge in [-0.05, 0) is 36.1 Å². The number of carbonyl (C=O) groups is 2. The van der Waals surface area contributed by atoms with Gasteiger partial charge in [0.2, 0.25) is 5.91 Å². The third-order valence-corrected chi connectivity index (χ3v) is 5.07. The Morgan fingerprint density at radius 1 is 1.16 bits per heavy atom. The van der Waals surface area contributed by atoms with Crippen molar-refractivity contribution in [3.63, 3.8) is 0 Å². The van der Waals surface area contributed by atoms with Crippen molar-refractivity contribution >= 4 is 23.3 Å². The van der Waals surface area contributed by atoms with Gasteiger partial charge in [-0.3, -0.25) is 9.69 Å². The molecule has 7 heteroatoms. The maximum atomic E-state index is 14.1. The topological polar surface area (TPSA) is 61.9 Å². The number of anilines is 2. The maximum absolute atomic E-state index is 14.1. The highest BCUT2D eigenvalue weighted by Crippen LogP contribution is 2.34. The van der Waals surface area contributed by atoms with E-state index >= 15 is 0 Å². The van der Waals surface area contributed by atoms with Crippen LogP contribution < -0.4 is 15.0 Å². The molecule has 0 aliphatic carbocycles. The van der Waals surface area contributed by atoms with E-state index in [4.69, 9.17) is 4.74 Å². The van der Waals surface area contributed by atoms with Crippen molar-refractivity contribution in [3.8, 4) is 5.75 Å². The summed E-state index contributed by atoms with van der Waals surface area (Å²) in [4.78, 5) is 28.8. The number of hydrogen-bond acceptors (Lipinski definition) is 3. The zero-order chi connectivity index (χ0) is 22.6. The van der Waals surface area contributed by atoms with Gasteiger partial charge in [0.25, 0.3) is 0 Å². The van der Waals surface area contributed by atoms with E-state index < -0.39 is 0 Å². The number of amides is 3. The molecule has 0 bridgehead atoms. The van der Waals surface area contributed by atoms with Gasteiger partial charge in [0.15, 0.2) is 0 Å². The third kappa shape index (κ3) is 5.75. The highest BCUT2D eigenvalue weighted by atomic mass is 19.1. The summed E-state index contributed by atoms with van der Waals surface area (Å²) >= 11 is 0. The Bertz CT molecular complexity index is 955. The average Bonchev–Trinajstić information content (AvgIpc) is 2.69. The molecule has 0 spiro atoms. The van der Waals surface area contributed by atoms with Gasteiger partial charge in [-0.25, -0.2) is 9.18 Å². The van der Waals surface area contributed by atoms with E-state index in [1.165, 1.54) is 6.07 Å². The Balaban J connectivity index is 1.82. The predicted octanol–water partition coefficient (Wildman–Crippen LogP) is 5.04. The number of halogens is 1. The molecule has 0 aromatic heterocycles. The van der Waals surface area contributed by atoms with E-state index in [0.29, 0.717) is 42.2 Å². The Morgan fingerprint density at radius 2 is 1.90 bits per heavy atom. The van der Waals surface area contributed by atoms with Crippen LogP contribution in [0.1, 0.15) is 39.2 Å². The van der Waals surface area contributed by atoms with Crippen LogP contribution in [0.3, 0.4) is 0 Å². The highest BCUT2D eigenvalue weighted by Gasteiger charge is 2.29. The van der Waals surface area contributed by atoms with Crippen LogP contribution in [0.5, 0.6) is 5.75 Å². The Kier molecular flexibility index (Phi) is 6.83. The van der Waals surface area contributed by atoms with Crippen LogP contribution in [0.4, 0.5) is 20.6 Å². The smallest absolute Gasteiger partial charge is 0.324 e. The number of urea groups is 1. The molecule has 1 aliphatic rings. The average molecular weight is 428 g/mol. The van der Waals surface area contributed by atoms with Gasteiger partial charge >= 0.3 is 6.03 Å². The summed E-state index contributed by atoms with van der Waals surface area (Å²) in [5.74, 6) is 0.123. The van der Waals surface area contributed by atoms with Crippen molar-refractivity contribution in [2.45, 2.75) is 40.2 Å². The second-order valence-corrected chi connectivity index (χ2v) is 8.97. The molecular formula is C24H30FN3O3. The third-order valence-electron chi connectivity index (χ3n) is 5.07. The quantitative estimate of drug-likeness (QED) is 0.702. The summed E-state index contributed by atoms with van der Waals surface area (Å²) in [5.41, 5.74) is 1.53. The van der Waals surface area contributed by atoms with E-state index in [9.17, 15) is 14.0 Å². The summed E-state index contributed by atoms with van der Waals surface area (Å²) < 4.78 is 19.6. The second-order valence-electron chi connectivity index (χ2n) is 8.97. The Labute approximate surface area is 183 Å². The number of benzene rings is 2. The highest BCUT2D eigenvalue weighted by molar-refractivity contribution is 5.97. The fraction of sp³-hybridized carbons (Fsp3) is 0.417. The molecule has 1 aliphatic heterocycles. The minimum absolute atomic E-state index is 0.0882. The SMILES string of the molecule is COc1ccc(NC(=O)CC(C)(C)C)cc1N1CCCN(Cc2ccccc2F)C1=O. The van der Waals surface area contributed by atoms with Crippen molar-refractivity contribution in [1.29, 1.82) is 0 Å². The monoisotopic (exact) mass is 427 g/mol. The van der Waals surface area contributed by atoms with E-state index in [1.807, 2.05) is 20.8 Å². The lowest BCUT2D eigenvalue weighted by atomic mass is 9.92. The van der Waals surface area contributed by atoms with Crippen LogP contribution >= 0.6 is 0 Å². The van der Waals surface area contributed by atoms with Gasteiger partial charge < -0.3 is 15.0 Å². The zero-order valence-corrected chi connectivity index (χ0v) is 18.6. The molecule has 3 amide bonds. The molecule has 1 heterocycles. The van der Waals surface area contributed by atoms with Crippen LogP contribution in [0.2, 0.25) is 0 Å². The van der Waals surface area contributed by atoms with Crippen LogP contribution in [0.25, 0.3) is 0 Å². The largest absolute Gasteiger partial charge is 0.495 e. The molecule has 1 saturated heterocycles. The molecule has 0 atom stereocenters. The summed E-state index contributed by atoms with van der Waals surface area (Å²) in [6.07, 6.45) is 1.12. The number of carbonyl (C=O) groups excluding carboxylic acids is 2. The molecular weight excluding hydrogens is 397 g/mol. The zero-order valence-electron chi connectivity index (χ0n) is 18.6. The number of ether oxygens (including phenoxy) is 1. The van der Waals surface area contributed by atoms with E-state index in [2.05, 4.69) is 5.32 Å². The lowest BCUT2D eigenvalue weighted by Crippen LogP contribution is -2.49. The standard InChI is InChI=1S/C24H30FN3O3/c1-24(2,3)15-22(29)26-18-10-11-21(31-4)20(14-18)28-13-7-12-27(23(28)30)16-17-8-5-6-9-19(17)25/h5-6,8-11,14H,7,12-13,15-16H2,1-4H3,(H,26,29). The minimum atomic E-state index is -0.325. The van der Waals surface area contributed by atoms with Crippen LogP contribution in [-0.4, -0.2) is 37.0 Å². The summed E-state index contributed by atoms with van der Waals surface area (Å²) in [5, 5.41) is 2.91. The van der Waals surface area contributed by atoms with Gasteiger partial charge in [0, 0.05) is 30.8 Å². The first kappa shape index (κ1) is 22.6. The molecule has 166 valence electrons. The first-order chi connectivity index (χ1) is 14.7. The van der Waals surface area contributed by atoms with Gasteiger partial charge in [-0.2, -0.15) is 0 Å². The van der Waals surface area contributed by atoms with Crippen molar-refractivity contribution < 1.29 is 18.7 Å². The van der Waals surface area contributed by atoms with E-state index in [-0.39, 0.29) is 29.7 Å². The molecule has 1 N–H and O–H groups in total. The lowest BCUT2D eigenvalue weighted by Gasteiger charge is -2.36. The van der Waals surface area contributed by atoms with Gasteiger partial charge in [0.1, 0.15) is 11.6 Å². The van der Waals surface area contributed by atoms with Crippen LogP contribution in [0, 0.1) is 11.2 Å². The first-order valence-corrected chi connectivity index (χ1v) is 10.5. The van der Waals surface area contributed by atoms with Crippen molar-refractivity contribution in [2.24, 2.45) is 5.41 Å². The van der Waals surface area contributed by atoms with Crippen LogP contribution in [-0.2, 0) is 11.3 Å². The second kappa shape index (κ2) is 9.37. The molecule has 0 radical (unpaired) electrons. The van der Waals surface area contributed by atoms with Gasteiger partial charge in [0.05, 0.1) is 19.3 Å². The van der Waals surface area contributed by atoms with Crippen molar-refractivity contribution in [3.05, 3.63) is 53.8 Å². The van der Waals surface area contributed by atoms with Crippen molar-refractivity contribution in [2.75, 3.05) is 30.4 Å². The fourth-order valence-corrected chi connectivity index (χ4v) is 3.65. The number of rotatable bonds is 6. The molecule has 3 rings (SSSR count). The normalized spacial score (nSPS) is 14.5. The van der Waals surface area contributed by atoms with Crippen LogP contribution in [0.15, 0.2) is 42.5 Å². The molecule has 0 saturated carbocycles. The number of nitrogens with zero attached hydrogens (tertiary/aromatic N) is 2. The van der Waals surface area contributed by atoms with Crippen molar-refractivity contribution in [1.82, 2.24) is 4.90 Å². The summed E-state index contributed by atoms with van der Waals surface area (Å²) in [7, 11) is 1.54. The number of nitrogens with one attached hydrogen (secondary N) is 1. The van der Waals surface area contributed by atoms with Gasteiger partial charge in [-0.15, -0.1) is 0 Å². The summed E-state index contributed by atoms with van der Waals surface area (Å²) in [6.45, 7) is 7.27. The molecule has 6 nitrogen and oxygen atoms in total. The Hall–Kier alpha value is -3.09. The molecule has 0 unspecified atom stereocenters. The maximum Gasteiger partial charge on any atom is 0.324 e. The predicted molar refractivity (Wildman–Crippen MR) is 120 cm³/mol. The van der Waals surface area contributed by atoms with E-state index in [0.717, 1.165) is 6.42 Å². The molecule has 2 aromatic carbocycles. The number of methoxy groups -OCH3 is 1. The van der Waals surface area contributed by atoms with Gasteiger partial charge in [-0.1, -0.05) is 39.0 Å².